The van der Waals surface area contributed by atoms with Gasteiger partial charge in [-0.2, -0.15) is 0 Å². The Morgan fingerprint density at radius 2 is 1.45 bits per heavy atom. The van der Waals surface area contributed by atoms with Crippen LogP contribution in [0.2, 0.25) is 0 Å². The lowest BCUT2D eigenvalue weighted by molar-refractivity contribution is -0.133. The maximum Gasteiger partial charge on any atom is 0.209 e. The molecular formula is C26H38O5. The second-order valence-electron chi connectivity index (χ2n) is 8.12. The van der Waals surface area contributed by atoms with Crippen molar-refractivity contribution in [1.82, 2.24) is 0 Å². The maximum atomic E-state index is 12.4. The van der Waals surface area contributed by atoms with E-state index in [4.69, 9.17) is 0 Å². The molecule has 0 aromatic carbocycles. The number of Topliss-reactive ketones (excluding diaryl/α,β-unsaturated/α-hetero) is 2. The predicted molar refractivity (Wildman–Crippen MR) is 125 cm³/mol. The van der Waals surface area contributed by atoms with Crippen LogP contribution in [0, 0.1) is 0 Å². The topological polar surface area (TPSA) is 94.8 Å². The molecule has 1 aliphatic carbocycles. The minimum atomic E-state index is -2.17. The van der Waals surface area contributed by atoms with E-state index >= 15 is 0 Å². The normalized spacial score (nSPS) is 20.2. The molecule has 0 unspecified atom stereocenters. The van der Waals surface area contributed by atoms with Crippen LogP contribution in [0.1, 0.15) is 85.0 Å². The molecule has 1 rings (SSSR count). The van der Waals surface area contributed by atoms with Gasteiger partial charge in [0.2, 0.25) is 5.78 Å². The van der Waals surface area contributed by atoms with E-state index in [1.54, 1.807) is 0 Å². The SMILES string of the molecule is CC/C=C/C/C=C\C/C=C\CCCCCCCC(=O)C1=C(O)C(C)=C(O)[C@](C)(O)C1=O. The summed E-state index contributed by atoms with van der Waals surface area (Å²) in [6, 6.07) is 0. The summed E-state index contributed by atoms with van der Waals surface area (Å²) in [5.74, 6) is -2.58. The van der Waals surface area contributed by atoms with E-state index in [0.717, 1.165) is 58.3 Å². The predicted octanol–water partition coefficient (Wildman–Crippen LogP) is 6.12. The van der Waals surface area contributed by atoms with Crippen LogP contribution < -0.4 is 0 Å². The van der Waals surface area contributed by atoms with Gasteiger partial charge < -0.3 is 15.3 Å². The molecule has 172 valence electrons. The molecule has 0 aromatic heterocycles. The molecule has 1 atom stereocenters. The van der Waals surface area contributed by atoms with Crippen molar-refractivity contribution in [2.45, 2.75) is 90.6 Å². The molecule has 0 radical (unpaired) electrons. The summed E-state index contributed by atoms with van der Waals surface area (Å²) in [4.78, 5) is 24.7. The van der Waals surface area contributed by atoms with Crippen molar-refractivity contribution in [3.05, 3.63) is 59.1 Å². The van der Waals surface area contributed by atoms with E-state index < -0.39 is 34.3 Å². The lowest BCUT2D eigenvalue weighted by Crippen LogP contribution is -2.44. The highest BCUT2D eigenvalue weighted by atomic mass is 16.3. The van der Waals surface area contributed by atoms with E-state index in [1.807, 2.05) is 0 Å². The summed E-state index contributed by atoms with van der Waals surface area (Å²) in [6.07, 6.45) is 22.0. The summed E-state index contributed by atoms with van der Waals surface area (Å²) in [7, 11) is 0. The van der Waals surface area contributed by atoms with E-state index in [1.165, 1.54) is 6.92 Å². The Hall–Kier alpha value is -2.40. The van der Waals surface area contributed by atoms with E-state index in [9.17, 15) is 24.9 Å². The second kappa shape index (κ2) is 13.8. The molecule has 0 spiro atoms. The van der Waals surface area contributed by atoms with Crippen LogP contribution >= 0.6 is 0 Å². The van der Waals surface area contributed by atoms with Crippen LogP contribution in [0.3, 0.4) is 0 Å². The molecule has 0 heterocycles. The fourth-order valence-electron chi connectivity index (χ4n) is 3.41. The number of rotatable bonds is 14. The maximum absolute atomic E-state index is 12.4. The summed E-state index contributed by atoms with van der Waals surface area (Å²) >= 11 is 0. The highest BCUT2D eigenvalue weighted by Crippen LogP contribution is 2.33. The van der Waals surface area contributed by atoms with Crippen LogP contribution in [0.25, 0.3) is 0 Å². The molecule has 0 bridgehead atoms. The lowest BCUT2D eigenvalue weighted by atomic mass is 9.81. The number of ketones is 2. The zero-order valence-electron chi connectivity index (χ0n) is 19.2. The van der Waals surface area contributed by atoms with Crippen molar-refractivity contribution in [1.29, 1.82) is 0 Å². The van der Waals surface area contributed by atoms with Crippen LogP contribution in [0.4, 0.5) is 0 Å². The molecule has 0 saturated heterocycles. The average Bonchev–Trinajstić information content (AvgIpc) is 2.74. The molecule has 0 saturated carbocycles. The minimum Gasteiger partial charge on any atom is -0.508 e. The van der Waals surface area contributed by atoms with Gasteiger partial charge in [-0.05, 0) is 52.4 Å². The number of allylic oxidation sites excluding steroid dienone is 7. The van der Waals surface area contributed by atoms with Crippen molar-refractivity contribution in [2.24, 2.45) is 0 Å². The fourth-order valence-corrected chi connectivity index (χ4v) is 3.41. The summed E-state index contributed by atoms with van der Waals surface area (Å²) < 4.78 is 0. The zero-order chi connectivity index (χ0) is 23.3. The number of aliphatic hydroxyl groups excluding tert-OH is 2. The van der Waals surface area contributed by atoms with Gasteiger partial charge in [-0.3, -0.25) is 9.59 Å². The quantitative estimate of drug-likeness (QED) is 0.175. The molecule has 3 N–H and O–H groups in total. The van der Waals surface area contributed by atoms with Gasteiger partial charge in [-0.1, -0.05) is 62.6 Å². The number of unbranched alkanes of at least 4 members (excludes halogenated alkanes) is 5. The van der Waals surface area contributed by atoms with Crippen LogP contribution in [-0.4, -0.2) is 32.5 Å². The third-order valence-electron chi connectivity index (χ3n) is 5.41. The van der Waals surface area contributed by atoms with Gasteiger partial charge in [0, 0.05) is 12.0 Å². The molecule has 0 fully saturated rings. The van der Waals surface area contributed by atoms with Crippen LogP contribution in [0.15, 0.2) is 59.1 Å². The molecule has 0 amide bonds. The Labute approximate surface area is 186 Å². The first kappa shape index (κ1) is 26.6. The van der Waals surface area contributed by atoms with Crippen LogP contribution in [0.5, 0.6) is 0 Å². The molecule has 1 aliphatic rings. The van der Waals surface area contributed by atoms with Crippen molar-refractivity contribution < 1.29 is 24.9 Å². The first-order valence-corrected chi connectivity index (χ1v) is 11.3. The van der Waals surface area contributed by atoms with Crippen molar-refractivity contribution in [3.63, 3.8) is 0 Å². The van der Waals surface area contributed by atoms with Gasteiger partial charge in [0.25, 0.3) is 0 Å². The third kappa shape index (κ3) is 8.33. The first-order chi connectivity index (χ1) is 14.7. The Morgan fingerprint density at radius 1 is 0.903 bits per heavy atom. The average molecular weight is 431 g/mol. The van der Waals surface area contributed by atoms with Gasteiger partial charge in [0.15, 0.2) is 11.4 Å². The molecule has 31 heavy (non-hydrogen) atoms. The fraction of sp³-hybridized carbons (Fsp3) is 0.538. The third-order valence-corrected chi connectivity index (χ3v) is 5.41. The van der Waals surface area contributed by atoms with Crippen molar-refractivity contribution in [3.8, 4) is 0 Å². The van der Waals surface area contributed by atoms with Crippen molar-refractivity contribution in [2.75, 3.05) is 0 Å². The second-order valence-corrected chi connectivity index (χ2v) is 8.12. The molecule has 5 nitrogen and oxygen atoms in total. The Balaban J connectivity index is 2.23. The van der Waals surface area contributed by atoms with E-state index in [2.05, 4.69) is 43.4 Å². The molecule has 5 heteroatoms. The number of hydrogen-bond donors (Lipinski definition) is 3. The summed E-state index contributed by atoms with van der Waals surface area (Å²) in [5.41, 5.74) is -2.61. The van der Waals surface area contributed by atoms with Crippen LogP contribution in [-0.2, 0) is 9.59 Å². The standard InChI is InChI=1S/C26H38O5/c1-4-5-6-7-8-9-10-11-12-13-14-15-16-17-18-19-21(27)22-23(28)20(2)24(29)26(3,31)25(22)30/h5-6,8-9,11-12,28-29,31H,4,7,10,13-19H2,1-3H3/b6-5+,9-8-,12-11-/t26-/m0/s1. The zero-order valence-corrected chi connectivity index (χ0v) is 19.2. The van der Waals surface area contributed by atoms with E-state index in [0.29, 0.717) is 6.42 Å². The molecule has 0 aromatic rings. The number of aliphatic hydroxyl groups is 3. The number of carbonyl (C=O) groups excluding carboxylic acids is 2. The highest BCUT2D eigenvalue weighted by Gasteiger charge is 2.45. The van der Waals surface area contributed by atoms with Gasteiger partial charge in [0.1, 0.15) is 17.1 Å². The smallest absolute Gasteiger partial charge is 0.209 e. The monoisotopic (exact) mass is 430 g/mol. The summed E-state index contributed by atoms with van der Waals surface area (Å²) in [6.45, 7) is 4.63. The highest BCUT2D eigenvalue weighted by molar-refractivity contribution is 6.25. The van der Waals surface area contributed by atoms with E-state index in [-0.39, 0.29) is 12.0 Å². The Morgan fingerprint density at radius 3 is 2.10 bits per heavy atom. The molecular weight excluding hydrogens is 392 g/mol. The van der Waals surface area contributed by atoms with Gasteiger partial charge in [-0.15, -0.1) is 0 Å². The number of hydrogen-bond acceptors (Lipinski definition) is 5. The van der Waals surface area contributed by atoms with Gasteiger partial charge in [0.05, 0.1) is 0 Å². The minimum absolute atomic E-state index is 0.0372. The Bertz CT molecular complexity index is 763. The number of carbonyl (C=O) groups is 2. The first-order valence-electron chi connectivity index (χ1n) is 11.3. The Kier molecular flexibility index (Phi) is 11.9. The summed E-state index contributed by atoms with van der Waals surface area (Å²) in [5, 5.41) is 30.1. The molecule has 0 aliphatic heterocycles. The van der Waals surface area contributed by atoms with Crippen molar-refractivity contribution >= 4 is 11.6 Å². The largest absolute Gasteiger partial charge is 0.508 e. The lowest BCUT2D eigenvalue weighted by Gasteiger charge is -2.28. The van der Waals surface area contributed by atoms with Gasteiger partial charge >= 0.3 is 0 Å². The van der Waals surface area contributed by atoms with Gasteiger partial charge in [-0.25, -0.2) is 0 Å².